The Bertz CT molecular complexity index is 1190. The minimum atomic E-state index is -2.34. The van der Waals surface area contributed by atoms with Crippen LogP contribution in [0, 0.1) is 6.92 Å². The minimum absolute atomic E-state index is 0.0166. The fourth-order valence-electron chi connectivity index (χ4n) is 3.75. The summed E-state index contributed by atoms with van der Waals surface area (Å²) in [5, 5.41) is 0. The molecule has 8 heteroatoms. The third kappa shape index (κ3) is 4.39. The highest BCUT2D eigenvalue weighted by Crippen LogP contribution is 2.31. The van der Waals surface area contributed by atoms with E-state index in [1.165, 1.54) is 29.0 Å². The van der Waals surface area contributed by atoms with Crippen LogP contribution in [0.5, 0.6) is 11.6 Å². The first-order valence-corrected chi connectivity index (χ1v) is 10.2. The number of benzene rings is 1. The number of fused-ring (bicyclic) bond motifs is 1. The average Bonchev–Trinajstić information content (AvgIpc) is 2.76. The van der Waals surface area contributed by atoms with Gasteiger partial charge in [0.1, 0.15) is 6.56 Å². The number of nitrogen functional groups attached to an aromatic ring is 2. The molecule has 0 bridgehead atoms. The third-order valence-electron chi connectivity index (χ3n) is 5.29. The number of anilines is 2. The summed E-state index contributed by atoms with van der Waals surface area (Å²) in [5.74, 6) is 0.0751. The van der Waals surface area contributed by atoms with Crippen molar-refractivity contribution in [1.29, 1.82) is 0 Å². The molecule has 8 nitrogen and oxygen atoms in total. The van der Waals surface area contributed by atoms with Crippen LogP contribution in [0.1, 0.15) is 31.9 Å². The zero-order valence-corrected chi connectivity index (χ0v) is 18.0. The monoisotopic (exact) mass is 422 g/mol. The van der Waals surface area contributed by atoms with Gasteiger partial charge in [-0.05, 0) is 62.2 Å². The first-order chi connectivity index (χ1) is 15.7. The molecule has 0 fully saturated rings. The topological polar surface area (TPSA) is 112 Å². The molecule has 0 radical (unpaired) electrons. The first kappa shape index (κ1) is 18.4. The molecule has 0 saturated heterocycles. The van der Waals surface area contributed by atoms with Gasteiger partial charge in [0.05, 0.1) is 21.2 Å². The van der Waals surface area contributed by atoms with Gasteiger partial charge in [0.15, 0.2) is 17.4 Å². The number of ether oxygens (including phenoxy) is 2. The van der Waals surface area contributed by atoms with Gasteiger partial charge < -0.3 is 25.8 Å². The van der Waals surface area contributed by atoms with Crippen molar-refractivity contribution in [2.24, 2.45) is 0 Å². The van der Waals surface area contributed by atoms with Crippen molar-refractivity contribution in [2.75, 3.05) is 31.7 Å². The van der Waals surface area contributed by atoms with Gasteiger partial charge in [0.25, 0.3) is 5.88 Å². The summed E-state index contributed by atoms with van der Waals surface area (Å²) < 4.78 is 28.2. The summed E-state index contributed by atoms with van der Waals surface area (Å²) in [6, 6.07) is 5.63. The third-order valence-corrected chi connectivity index (χ3v) is 5.29. The maximum absolute atomic E-state index is 8.53. The lowest BCUT2D eigenvalue weighted by Crippen LogP contribution is -2.27. The summed E-state index contributed by atoms with van der Waals surface area (Å²) in [6.07, 6.45) is 3.98. The molecule has 1 aliphatic rings. The molecule has 2 aromatic heterocycles. The minimum Gasteiger partial charge on any atom is -0.490 e. The van der Waals surface area contributed by atoms with Gasteiger partial charge >= 0.3 is 0 Å². The zero-order chi connectivity index (χ0) is 23.8. The van der Waals surface area contributed by atoms with Crippen molar-refractivity contribution in [3.05, 3.63) is 52.8 Å². The number of hydrogen-bond acceptors (Lipinski definition) is 8. The van der Waals surface area contributed by atoms with Crippen molar-refractivity contribution in [1.82, 2.24) is 19.9 Å². The van der Waals surface area contributed by atoms with Crippen molar-refractivity contribution < 1.29 is 12.2 Å². The van der Waals surface area contributed by atoms with Gasteiger partial charge in [-0.1, -0.05) is 0 Å². The summed E-state index contributed by atoms with van der Waals surface area (Å²) >= 11 is 0. The maximum atomic E-state index is 8.53. The van der Waals surface area contributed by atoms with E-state index in [9.17, 15) is 0 Å². The number of hydrogen-bond donors (Lipinski definition) is 2. The van der Waals surface area contributed by atoms with E-state index in [0.29, 0.717) is 12.3 Å². The van der Waals surface area contributed by atoms with Crippen LogP contribution >= 0.6 is 0 Å². The molecule has 162 valence electrons. The summed E-state index contributed by atoms with van der Waals surface area (Å²) in [5.41, 5.74) is 17.2. The van der Waals surface area contributed by atoms with E-state index in [2.05, 4.69) is 46.0 Å². The maximum Gasteiger partial charge on any atom is 0.258 e. The Hall–Kier alpha value is -3.39. The molecule has 1 aliphatic heterocycles. The Morgan fingerprint density at radius 2 is 2.03 bits per heavy atom. The number of rotatable bonds is 6. The normalized spacial score (nSPS) is 15.1. The molecule has 0 unspecified atom stereocenters. The number of nitrogens with two attached hydrogens (primary N) is 2. The standard InChI is InChI=1S/C23H28N6O2/c1-4-30-20-15(5-7-26-21(20)24)13-31-23-22(25)27-11-19(28-23)16-9-14(2)18-6-8-29(3)12-17(18)10-16/h5,7,9-11H,4,6,8,12-13H2,1-3H3,(H2,24,26)(H2,25,27)/i13D2. The van der Waals surface area contributed by atoms with E-state index in [1.54, 1.807) is 13.1 Å². The van der Waals surface area contributed by atoms with E-state index in [0.717, 1.165) is 25.1 Å². The van der Waals surface area contributed by atoms with Crippen molar-refractivity contribution >= 4 is 11.6 Å². The molecule has 0 saturated carbocycles. The number of aryl methyl sites for hydroxylation is 1. The van der Waals surface area contributed by atoms with E-state index < -0.39 is 6.56 Å². The highest BCUT2D eigenvalue weighted by molar-refractivity contribution is 5.64. The lowest BCUT2D eigenvalue weighted by Gasteiger charge is -2.27. The lowest BCUT2D eigenvalue weighted by atomic mass is 9.92. The Labute approximate surface area is 185 Å². The Morgan fingerprint density at radius 1 is 1.19 bits per heavy atom. The predicted molar refractivity (Wildman–Crippen MR) is 121 cm³/mol. The Balaban J connectivity index is 1.70. The second-order valence-corrected chi connectivity index (χ2v) is 7.57. The number of nitrogens with zero attached hydrogens (tertiary/aromatic N) is 4. The van der Waals surface area contributed by atoms with Crippen LogP contribution in [0.3, 0.4) is 0 Å². The molecule has 0 spiro atoms. The second kappa shape index (κ2) is 8.77. The van der Waals surface area contributed by atoms with Crippen LogP contribution in [-0.2, 0) is 19.5 Å². The molecule has 0 amide bonds. The van der Waals surface area contributed by atoms with Crippen LogP contribution < -0.4 is 20.9 Å². The summed E-state index contributed by atoms with van der Waals surface area (Å²) in [4.78, 5) is 15.0. The van der Waals surface area contributed by atoms with Gasteiger partial charge in [-0.3, -0.25) is 0 Å². The van der Waals surface area contributed by atoms with Crippen molar-refractivity contribution in [3.63, 3.8) is 0 Å². The summed E-state index contributed by atoms with van der Waals surface area (Å²) in [7, 11) is 2.10. The molecule has 4 rings (SSSR count). The van der Waals surface area contributed by atoms with Gasteiger partial charge in [-0.25, -0.2) is 15.0 Å². The molecule has 1 aromatic carbocycles. The van der Waals surface area contributed by atoms with Crippen LogP contribution in [0.25, 0.3) is 11.3 Å². The Kier molecular flexibility index (Phi) is 5.20. The highest BCUT2D eigenvalue weighted by atomic mass is 16.5. The molecular weight excluding hydrogens is 392 g/mol. The molecular formula is C23H28N6O2. The number of likely N-dealkylation sites (N-methyl/N-ethyl adjacent to an activating group) is 1. The van der Waals surface area contributed by atoms with Crippen LogP contribution in [0.2, 0.25) is 0 Å². The summed E-state index contributed by atoms with van der Waals surface area (Å²) in [6.45, 7) is 3.73. The zero-order valence-electron chi connectivity index (χ0n) is 20.0. The SMILES string of the molecule is [2H]C([2H])(Oc1nc(-c2cc(C)c3c(c2)CN(C)CC3)cnc1N)c1ccnc(N)c1OCC. The van der Waals surface area contributed by atoms with Gasteiger partial charge in [-0.15, -0.1) is 0 Å². The lowest BCUT2D eigenvalue weighted by molar-refractivity contribution is 0.278. The van der Waals surface area contributed by atoms with E-state index in [1.807, 2.05) is 0 Å². The molecule has 31 heavy (non-hydrogen) atoms. The molecule has 4 N–H and O–H groups in total. The van der Waals surface area contributed by atoms with E-state index >= 15 is 0 Å². The number of aromatic nitrogens is 3. The first-order valence-electron chi connectivity index (χ1n) is 11.2. The smallest absolute Gasteiger partial charge is 0.258 e. The van der Waals surface area contributed by atoms with Crippen LogP contribution in [0.4, 0.5) is 11.6 Å². The molecule has 3 heterocycles. The second-order valence-electron chi connectivity index (χ2n) is 7.57. The molecule has 0 aliphatic carbocycles. The fourth-order valence-corrected chi connectivity index (χ4v) is 3.75. The Morgan fingerprint density at radius 3 is 2.84 bits per heavy atom. The van der Waals surface area contributed by atoms with Gasteiger partial charge in [0.2, 0.25) is 0 Å². The average molecular weight is 423 g/mol. The largest absolute Gasteiger partial charge is 0.490 e. The van der Waals surface area contributed by atoms with Gasteiger partial charge in [-0.2, -0.15) is 0 Å². The van der Waals surface area contributed by atoms with Crippen molar-refractivity contribution in [3.8, 4) is 22.9 Å². The number of pyridine rings is 1. The van der Waals surface area contributed by atoms with Crippen LogP contribution in [0.15, 0.2) is 30.6 Å². The highest BCUT2D eigenvalue weighted by Gasteiger charge is 2.18. The molecule has 3 aromatic rings. The molecule has 0 atom stereocenters. The predicted octanol–water partition coefficient (Wildman–Crippen LogP) is 2.98. The van der Waals surface area contributed by atoms with E-state index in [-0.39, 0.29) is 28.8 Å². The van der Waals surface area contributed by atoms with Gasteiger partial charge in [0, 0.05) is 30.4 Å². The van der Waals surface area contributed by atoms with E-state index in [4.69, 9.17) is 23.7 Å². The quantitative estimate of drug-likeness (QED) is 0.623. The van der Waals surface area contributed by atoms with Crippen LogP contribution in [-0.4, -0.2) is 40.1 Å². The van der Waals surface area contributed by atoms with Crippen molar-refractivity contribution in [2.45, 2.75) is 33.4 Å². The fraction of sp³-hybridized carbons (Fsp3) is 0.348.